The fraction of sp³-hybridized carbons (Fsp3) is 0.188. The molecule has 0 spiro atoms. The molecule has 106 valence electrons. The standard InChI is InChI=1S/C16H12BrFN2O/c17-9-4-7-13-12(8-9)19-16(20(13)10-5-6-10)15-11(18)2-1-3-14(15)21/h1-4,7-8,10,21H,5-6H2. The van der Waals surface area contributed by atoms with E-state index in [9.17, 15) is 9.50 Å². The largest absolute Gasteiger partial charge is 0.507 e. The Balaban J connectivity index is 2.06. The monoisotopic (exact) mass is 346 g/mol. The van der Waals surface area contributed by atoms with Crippen molar-refractivity contribution in [3.05, 3.63) is 46.7 Å². The van der Waals surface area contributed by atoms with Gasteiger partial charge in [0, 0.05) is 10.5 Å². The van der Waals surface area contributed by atoms with Gasteiger partial charge in [0.15, 0.2) is 0 Å². The van der Waals surface area contributed by atoms with Gasteiger partial charge in [-0.2, -0.15) is 0 Å². The van der Waals surface area contributed by atoms with E-state index in [2.05, 4.69) is 20.9 Å². The van der Waals surface area contributed by atoms with Gasteiger partial charge in [0.25, 0.3) is 0 Å². The summed E-state index contributed by atoms with van der Waals surface area (Å²) < 4.78 is 17.2. The van der Waals surface area contributed by atoms with Crippen LogP contribution in [0, 0.1) is 5.82 Å². The molecule has 0 saturated heterocycles. The minimum atomic E-state index is -0.453. The van der Waals surface area contributed by atoms with Crippen LogP contribution in [0.3, 0.4) is 0 Å². The zero-order valence-electron chi connectivity index (χ0n) is 11.1. The predicted octanol–water partition coefficient (Wildman–Crippen LogP) is 4.65. The molecule has 4 rings (SSSR count). The maximum absolute atomic E-state index is 14.2. The predicted molar refractivity (Wildman–Crippen MR) is 82.8 cm³/mol. The molecule has 1 aliphatic rings. The van der Waals surface area contributed by atoms with E-state index in [-0.39, 0.29) is 11.3 Å². The normalized spacial score (nSPS) is 14.8. The van der Waals surface area contributed by atoms with Crippen molar-refractivity contribution in [1.82, 2.24) is 9.55 Å². The van der Waals surface area contributed by atoms with Crippen LogP contribution in [0.2, 0.25) is 0 Å². The average molecular weight is 347 g/mol. The highest BCUT2D eigenvalue weighted by molar-refractivity contribution is 9.10. The van der Waals surface area contributed by atoms with Crippen LogP contribution in [0.5, 0.6) is 5.75 Å². The van der Waals surface area contributed by atoms with Crippen molar-refractivity contribution in [3.8, 4) is 17.1 Å². The molecule has 1 heterocycles. The summed E-state index contributed by atoms with van der Waals surface area (Å²) in [6, 6.07) is 10.5. The van der Waals surface area contributed by atoms with Crippen LogP contribution in [-0.4, -0.2) is 14.7 Å². The second-order valence-electron chi connectivity index (χ2n) is 5.30. The number of fused-ring (bicyclic) bond motifs is 1. The summed E-state index contributed by atoms with van der Waals surface area (Å²) >= 11 is 3.43. The first kappa shape index (κ1) is 12.8. The molecule has 1 N–H and O–H groups in total. The molecule has 0 radical (unpaired) electrons. The van der Waals surface area contributed by atoms with Crippen LogP contribution in [0.4, 0.5) is 4.39 Å². The Morgan fingerprint density at radius 3 is 2.76 bits per heavy atom. The van der Waals surface area contributed by atoms with Crippen molar-refractivity contribution in [2.45, 2.75) is 18.9 Å². The summed E-state index contributed by atoms with van der Waals surface area (Å²) in [7, 11) is 0. The Labute approximate surface area is 129 Å². The molecule has 1 saturated carbocycles. The van der Waals surface area contributed by atoms with E-state index in [1.54, 1.807) is 0 Å². The summed E-state index contributed by atoms with van der Waals surface area (Å²) in [5.41, 5.74) is 1.95. The van der Waals surface area contributed by atoms with Gasteiger partial charge in [-0.1, -0.05) is 22.0 Å². The topological polar surface area (TPSA) is 38.1 Å². The van der Waals surface area contributed by atoms with Crippen molar-refractivity contribution < 1.29 is 9.50 Å². The third-order valence-electron chi connectivity index (χ3n) is 3.78. The van der Waals surface area contributed by atoms with Crippen molar-refractivity contribution >= 4 is 27.0 Å². The van der Waals surface area contributed by atoms with Gasteiger partial charge in [-0.15, -0.1) is 0 Å². The van der Waals surface area contributed by atoms with Gasteiger partial charge in [0.2, 0.25) is 0 Å². The van der Waals surface area contributed by atoms with Crippen LogP contribution >= 0.6 is 15.9 Å². The molecule has 5 heteroatoms. The van der Waals surface area contributed by atoms with E-state index >= 15 is 0 Å². The van der Waals surface area contributed by atoms with Crippen molar-refractivity contribution in [3.63, 3.8) is 0 Å². The quantitative estimate of drug-likeness (QED) is 0.733. The number of rotatable bonds is 2. The van der Waals surface area contributed by atoms with Crippen molar-refractivity contribution in [2.24, 2.45) is 0 Å². The third kappa shape index (κ3) is 2.03. The Morgan fingerprint density at radius 2 is 2.05 bits per heavy atom. The second-order valence-corrected chi connectivity index (χ2v) is 6.22. The lowest BCUT2D eigenvalue weighted by molar-refractivity contribution is 0.470. The number of phenolic OH excluding ortho intramolecular Hbond substituents is 1. The Hall–Kier alpha value is -1.88. The zero-order chi connectivity index (χ0) is 14.6. The number of halogens is 2. The Morgan fingerprint density at radius 1 is 1.24 bits per heavy atom. The molecule has 1 aliphatic carbocycles. The number of aromatic nitrogens is 2. The lowest BCUT2D eigenvalue weighted by Gasteiger charge is -2.09. The summed E-state index contributed by atoms with van der Waals surface area (Å²) in [5, 5.41) is 10.0. The fourth-order valence-corrected chi connectivity index (χ4v) is 3.03. The number of phenols is 1. The minimum Gasteiger partial charge on any atom is -0.507 e. The fourth-order valence-electron chi connectivity index (χ4n) is 2.68. The van der Waals surface area contributed by atoms with E-state index in [4.69, 9.17) is 0 Å². The molecule has 0 unspecified atom stereocenters. The smallest absolute Gasteiger partial charge is 0.148 e. The van der Waals surface area contributed by atoms with E-state index in [0.717, 1.165) is 28.3 Å². The van der Waals surface area contributed by atoms with E-state index in [1.165, 1.54) is 18.2 Å². The van der Waals surface area contributed by atoms with Crippen molar-refractivity contribution in [1.29, 1.82) is 0 Å². The summed E-state index contributed by atoms with van der Waals surface area (Å²) in [5.74, 6) is -0.0289. The number of hydrogen-bond acceptors (Lipinski definition) is 2. The highest BCUT2D eigenvalue weighted by Crippen LogP contribution is 2.43. The first-order chi connectivity index (χ1) is 10.1. The first-order valence-corrected chi connectivity index (χ1v) is 7.60. The number of imidazole rings is 1. The highest BCUT2D eigenvalue weighted by Gasteiger charge is 2.30. The second kappa shape index (κ2) is 4.56. The van der Waals surface area contributed by atoms with Gasteiger partial charge >= 0.3 is 0 Å². The summed E-state index contributed by atoms with van der Waals surface area (Å²) in [4.78, 5) is 4.56. The van der Waals surface area contributed by atoms with E-state index < -0.39 is 5.82 Å². The molecule has 1 fully saturated rings. The van der Waals surface area contributed by atoms with Crippen LogP contribution in [0.1, 0.15) is 18.9 Å². The van der Waals surface area contributed by atoms with Crippen LogP contribution in [0.15, 0.2) is 40.9 Å². The highest BCUT2D eigenvalue weighted by atomic mass is 79.9. The van der Waals surface area contributed by atoms with Crippen LogP contribution < -0.4 is 0 Å². The van der Waals surface area contributed by atoms with Gasteiger partial charge in [-0.05, 0) is 43.2 Å². The molecule has 0 aliphatic heterocycles. The van der Waals surface area contributed by atoms with E-state index in [0.29, 0.717) is 11.9 Å². The molecule has 0 amide bonds. The Kier molecular flexibility index (Phi) is 2.79. The zero-order valence-corrected chi connectivity index (χ0v) is 12.6. The lowest BCUT2D eigenvalue weighted by atomic mass is 10.1. The molecular formula is C16H12BrFN2O. The number of hydrogen-bond donors (Lipinski definition) is 1. The third-order valence-corrected chi connectivity index (χ3v) is 4.27. The Bertz CT molecular complexity index is 835. The van der Waals surface area contributed by atoms with E-state index in [1.807, 2.05) is 22.8 Å². The minimum absolute atomic E-state index is 0.0775. The summed E-state index contributed by atoms with van der Waals surface area (Å²) in [6.07, 6.45) is 2.12. The van der Waals surface area contributed by atoms with Gasteiger partial charge in [-0.3, -0.25) is 0 Å². The average Bonchev–Trinajstić information content (AvgIpc) is 3.20. The number of aromatic hydroxyl groups is 1. The molecule has 3 nitrogen and oxygen atoms in total. The van der Waals surface area contributed by atoms with Gasteiger partial charge < -0.3 is 9.67 Å². The van der Waals surface area contributed by atoms with Gasteiger partial charge in [0.05, 0.1) is 16.6 Å². The van der Waals surface area contributed by atoms with Crippen molar-refractivity contribution in [2.75, 3.05) is 0 Å². The molecule has 2 aromatic carbocycles. The first-order valence-electron chi connectivity index (χ1n) is 6.80. The molecule has 1 aromatic heterocycles. The van der Waals surface area contributed by atoms with Crippen LogP contribution in [-0.2, 0) is 0 Å². The number of nitrogens with zero attached hydrogens (tertiary/aromatic N) is 2. The SMILES string of the molecule is Oc1cccc(F)c1-c1nc2cc(Br)ccc2n1C1CC1. The number of benzene rings is 2. The molecule has 3 aromatic rings. The maximum atomic E-state index is 14.2. The maximum Gasteiger partial charge on any atom is 0.148 e. The van der Waals surface area contributed by atoms with Gasteiger partial charge in [0.1, 0.15) is 17.4 Å². The van der Waals surface area contributed by atoms with Gasteiger partial charge in [-0.25, -0.2) is 9.37 Å². The van der Waals surface area contributed by atoms with Crippen LogP contribution in [0.25, 0.3) is 22.4 Å². The molecule has 0 bridgehead atoms. The summed E-state index contributed by atoms with van der Waals surface area (Å²) in [6.45, 7) is 0. The molecule has 21 heavy (non-hydrogen) atoms. The molecule has 0 atom stereocenters. The lowest BCUT2D eigenvalue weighted by Crippen LogP contribution is -1.99. The molecular weight excluding hydrogens is 335 g/mol.